The third-order valence-corrected chi connectivity index (χ3v) is 8.67. The number of benzene rings is 1. The number of aryl methyl sites for hydroxylation is 1. The average molecular weight is 526 g/mol. The molecule has 9 heteroatoms. The SMILES string of the molecule is CC(=O)N1CCc2c(c(-c3cccc4cc(-c5cnn(CCC6CCNCC6)c5)ncc34)nn2C2COC2)C1. The van der Waals surface area contributed by atoms with Crippen molar-refractivity contribution >= 4 is 16.7 Å². The van der Waals surface area contributed by atoms with Gasteiger partial charge in [-0.3, -0.25) is 19.1 Å². The molecule has 1 N–H and O–H groups in total. The molecule has 0 saturated carbocycles. The predicted molar refractivity (Wildman–Crippen MR) is 149 cm³/mol. The van der Waals surface area contributed by atoms with E-state index >= 15 is 0 Å². The number of fused-ring (bicyclic) bond motifs is 2. The molecule has 202 valence electrons. The second-order valence-corrected chi connectivity index (χ2v) is 11.2. The van der Waals surface area contributed by atoms with Crippen molar-refractivity contribution in [2.45, 2.75) is 51.7 Å². The van der Waals surface area contributed by atoms with E-state index in [0.29, 0.717) is 19.8 Å². The standard InChI is InChI=1S/C30H35N7O2/c1-20(38)35-11-8-29-27(17-35)30(34-37(29)24-18-39-19-24)25-4-2-3-22-13-28(32-15-26(22)25)23-14-33-36(16-23)12-7-21-5-9-31-10-6-21/h2-4,13-16,21,24,31H,5-12,17-19H2,1H3. The summed E-state index contributed by atoms with van der Waals surface area (Å²) < 4.78 is 9.70. The van der Waals surface area contributed by atoms with Crippen LogP contribution in [0, 0.1) is 5.92 Å². The van der Waals surface area contributed by atoms with Gasteiger partial charge in [0, 0.05) is 73.1 Å². The molecular formula is C30H35N7O2. The molecule has 1 amide bonds. The quantitative estimate of drug-likeness (QED) is 0.412. The number of nitrogens with zero attached hydrogens (tertiary/aromatic N) is 6. The molecule has 3 aromatic heterocycles. The second-order valence-electron chi connectivity index (χ2n) is 11.2. The van der Waals surface area contributed by atoms with E-state index in [1.54, 1.807) is 6.92 Å². The highest BCUT2D eigenvalue weighted by atomic mass is 16.5. The van der Waals surface area contributed by atoms with Crippen LogP contribution in [0.1, 0.15) is 43.5 Å². The van der Waals surface area contributed by atoms with Gasteiger partial charge in [-0.1, -0.05) is 18.2 Å². The number of piperidine rings is 1. The largest absolute Gasteiger partial charge is 0.377 e. The van der Waals surface area contributed by atoms with Gasteiger partial charge < -0.3 is 15.0 Å². The zero-order valence-corrected chi connectivity index (χ0v) is 22.5. The Morgan fingerprint density at radius 1 is 1.18 bits per heavy atom. The van der Waals surface area contributed by atoms with Crippen molar-refractivity contribution in [1.82, 2.24) is 34.8 Å². The van der Waals surface area contributed by atoms with Gasteiger partial charge in [-0.2, -0.15) is 10.2 Å². The predicted octanol–water partition coefficient (Wildman–Crippen LogP) is 3.83. The first-order valence-electron chi connectivity index (χ1n) is 14.2. The molecule has 0 unspecified atom stereocenters. The van der Waals surface area contributed by atoms with Crippen LogP contribution in [-0.4, -0.2) is 68.2 Å². The van der Waals surface area contributed by atoms with Gasteiger partial charge in [-0.05, 0) is 49.7 Å². The topological polar surface area (TPSA) is 90.1 Å². The summed E-state index contributed by atoms with van der Waals surface area (Å²) in [4.78, 5) is 19.0. The first-order valence-corrected chi connectivity index (χ1v) is 14.2. The smallest absolute Gasteiger partial charge is 0.219 e. The average Bonchev–Trinajstić information content (AvgIpc) is 3.56. The van der Waals surface area contributed by atoms with Crippen LogP contribution in [0.2, 0.25) is 0 Å². The van der Waals surface area contributed by atoms with Crippen molar-refractivity contribution in [3.63, 3.8) is 0 Å². The van der Waals surface area contributed by atoms with Crippen LogP contribution in [0.5, 0.6) is 0 Å². The Hall–Kier alpha value is -3.56. The number of ether oxygens (including phenoxy) is 1. The third kappa shape index (κ3) is 4.63. The fourth-order valence-electron chi connectivity index (χ4n) is 6.24. The molecule has 6 heterocycles. The lowest BCUT2D eigenvalue weighted by atomic mass is 9.95. The Morgan fingerprint density at radius 2 is 2.05 bits per heavy atom. The van der Waals surface area contributed by atoms with Crippen LogP contribution < -0.4 is 5.32 Å². The minimum absolute atomic E-state index is 0.104. The highest BCUT2D eigenvalue weighted by molar-refractivity contribution is 5.97. The van der Waals surface area contributed by atoms with E-state index in [1.165, 1.54) is 25.0 Å². The highest BCUT2D eigenvalue weighted by Crippen LogP contribution is 2.37. The van der Waals surface area contributed by atoms with E-state index in [-0.39, 0.29) is 11.9 Å². The number of carbonyl (C=O) groups excluding carboxylic acids is 1. The molecule has 0 atom stereocenters. The number of carbonyl (C=O) groups is 1. The summed E-state index contributed by atoms with van der Waals surface area (Å²) in [5, 5.41) is 15.4. The van der Waals surface area contributed by atoms with Gasteiger partial charge in [-0.25, -0.2) is 0 Å². The Labute approximate surface area is 228 Å². The molecule has 0 bridgehead atoms. The summed E-state index contributed by atoms with van der Waals surface area (Å²) in [7, 11) is 0. The molecule has 4 aromatic rings. The minimum atomic E-state index is 0.104. The summed E-state index contributed by atoms with van der Waals surface area (Å²) >= 11 is 0. The maximum atomic E-state index is 12.2. The number of pyridine rings is 1. The maximum absolute atomic E-state index is 12.2. The van der Waals surface area contributed by atoms with Crippen LogP contribution in [0.4, 0.5) is 0 Å². The van der Waals surface area contributed by atoms with Crippen LogP contribution in [0.3, 0.4) is 0 Å². The van der Waals surface area contributed by atoms with Gasteiger partial charge in [0.15, 0.2) is 0 Å². The molecule has 3 aliphatic heterocycles. The summed E-state index contributed by atoms with van der Waals surface area (Å²) in [6.45, 7) is 7.55. The zero-order chi connectivity index (χ0) is 26.3. The number of amides is 1. The number of aromatic nitrogens is 5. The monoisotopic (exact) mass is 525 g/mol. The van der Waals surface area contributed by atoms with Crippen molar-refractivity contribution in [3.8, 4) is 22.5 Å². The van der Waals surface area contributed by atoms with E-state index in [1.807, 2.05) is 17.3 Å². The normalized spacial score (nSPS) is 18.3. The van der Waals surface area contributed by atoms with E-state index in [0.717, 1.165) is 77.4 Å². The Balaban J connectivity index is 1.19. The van der Waals surface area contributed by atoms with Crippen molar-refractivity contribution in [2.75, 3.05) is 32.8 Å². The molecule has 3 aliphatic rings. The number of rotatable bonds is 6. The minimum Gasteiger partial charge on any atom is -0.377 e. The summed E-state index contributed by atoms with van der Waals surface area (Å²) in [5.74, 6) is 0.886. The van der Waals surface area contributed by atoms with E-state index in [9.17, 15) is 4.79 Å². The summed E-state index contributed by atoms with van der Waals surface area (Å²) in [6.07, 6.45) is 10.5. The van der Waals surface area contributed by atoms with Crippen molar-refractivity contribution in [1.29, 1.82) is 0 Å². The molecule has 0 aliphatic carbocycles. The van der Waals surface area contributed by atoms with Gasteiger partial charge in [0.2, 0.25) is 5.91 Å². The number of nitrogens with one attached hydrogen (secondary N) is 1. The van der Waals surface area contributed by atoms with Crippen LogP contribution in [-0.2, 0) is 29.0 Å². The van der Waals surface area contributed by atoms with Crippen LogP contribution in [0.25, 0.3) is 33.3 Å². The number of hydrogen-bond acceptors (Lipinski definition) is 6. The highest BCUT2D eigenvalue weighted by Gasteiger charge is 2.32. The fourth-order valence-corrected chi connectivity index (χ4v) is 6.24. The van der Waals surface area contributed by atoms with Gasteiger partial charge in [-0.15, -0.1) is 0 Å². The molecule has 2 saturated heterocycles. The molecule has 2 fully saturated rings. The molecular weight excluding hydrogens is 490 g/mol. The molecule has 0 radical (unpaired) electrons. The van der Waals surface area contributed by atoms with Crippen molar-refractivity contribution < 1.29 is 9.53 Å². The third-order valence-electron chi connectivity index (χ3n) is 8.67. The lowest BCUT2D eigenvalue weighted by Crippen LogP contribution is -2.37. The lowest BCUT2D eigenvalue weighted by molar-refractivity contribution is -0.129. The van der Waals surface area contributed by atoms with Gasteiger partial charge in [0.25, 0.3) is 0 Å². The summed E-state index contributed by atoms with van der Waals surface area (Å²) in [6, 6.07) is 8.77. The van der Waals surface area contributed by atoms with Gasteiger partial charge >= 0.3 is 0 Å². The van der Waals surface area contributed by atoms with Crippen molar-refractivity contribution in [2.24, 2.45) is 5.92 Å². The molecule has 1 aromatic carbocycles. The van der Waals surface area contributed by atoms with Crippen LogP contribution in [0.15, 0.2) is 42.9 Å². The first kappa shape index (κ1) is 24.5. The Morgan fingerprint density at radius 3 is 2.85 bits per heavy atom. The van der Waals surface area contributed by atoms with Gasteiger partial charge in [0.1, 0.15) is 0 Å². The lowest BCUT2D eigenvalue weighted by Gasteiger charge is -2.31. The number of hydrogen-bond donors (Lipinski definition) is 1. The second kappa shape index (κ2) is 10.2. The van der Waals surface area contributed by atoms with E-state index < -0.39 is 0 Å². The molecule has 39 heavy (non-hydrogen) atoms. The molecule has 0 spiro atoms. The maximum Gasteiger partial charge on any atom is 0.219 e. The van der Waals surface area contributed by atoms with Gasteiger partial charge in [0.05, 0.1) is 36.8 Å². The fraction of sp³-hybridized carbons (Fsp3) is 0.467. The zero-order valence-electron chi connectivity index (χ0n) is 22.5. The Bertz CT molecular complexity index is 1510. The van der Waals surface area contributed by atoms with E-state index in [4.69, 9.17) is 14.8 Å². The van der Waals surface area contributed by atoms with Crippen molar-refractivity contribution in [3.05, 3.63) is 54.1 Å². The first-order chi connectivity index (χ1) is 19.1. The van der Waals surface area contributed by atoms with Crippen LogP contribution >= 0.6 is 0 Å². The summed E-state index contributed by atoms with van der Waals surface area (Å²) in [5.41, 5.74) is 6.36. The molecule has 9 nitrogen and oxygen atoms in total. The molecule has 7 rings (SSSR count). The van der Waals surface area contributed by atoms with E-state index in [2.05, 4.69) is 50.2 Å². The Kier molecular flexibility index (Phi) is 6.40.